The smallest absolute Gasteiger partial charge is 0.149 e. The number of nitrogens with zero attached hydrogens (tertiary/aromatic N) is 4. The first-order valence-electron chi connectivity index (χ1n) is 7.97. The number of aromatic nitrogens is 4. The lowest BCUT2D eigenvalue weighted by molar-refractivity contribution is 0.834. The molecule has 0 spiro atoms. The Morgan fingerprint density at radius 1 is 1.00 bits per heavy atom. The Hall–Kier alpha value is -2.99. The molecule has 0 saturated carbocycles. The Bertz CT molecular complexity index is 990. The third kappa shape index (κ3) is 3.04. The van der Waals surface area contributed by atoms with Gasteiger partial charge in [0.15, 0.2) is 0 Å². The van der Waals surface area contributed by atoms with Gasteiger partial charge >= 0.3 is 0 Å². The molecule has 3 aromatic heterocycles. The summed E-state index contributed by atoms with van der Waals surface area (Å²) in [6.45, 7) is 4.04. The van der Waals surface area contributed by atoms with Gasteiger partial charge in [-0.25, -0.2) is 9.67 Å². The molecule has 0 bridgehead atoms. The number of hydrogen-bond donors (Lipinski definition) is 1. The number of anilines is 2. The third-order valence-corrected chi connectivity index (χ3v) is 4.85. The van der Waals surface area contributed by atoms with E-state index in [0.29, 0.717) is 5.82 Å². The third-order valence-electron chi connectivity index (χ3n) is 3.95. The van der Waals surface area contributed by atoms with E-state index in [0.717, 1.165) is 33.3 Å². The van der Waals surface area contributed by atoms with Gasteiger partial charge in [0.1, 0.15) is 11.5 Å². The lowest BCUT2D eigenvalue weighted by Gasteiger charge is -2.08. The van der Waals surface area contributed by atoms with E-state index in [1.54, 1.807) is 23.7 Å². The molecule has 0 saturated heterocycles. The van der Waals surface area contributed by atoms with Crippen molar-refractivity contribution in [3.63, 3.8) is 0 Å². The summed E-state index contributed by atoms with van der Waals surface area (Å²) in [4.78, 5) is 10.1. The monoisotopic (exact) mass is 347 g/mol. The highest BCUT2D eigenvalue weighted by Crippen LogP contribution is 2.27. The van der Waals surface area contributed by atoms with Crippen molar-refractivity contribution < 1.29 is 0 Å². The molecule has 0 aliphatic heterocycles. The van der Waals surface area contributed by atoms with Gasteiger partial charge in [-0.3, -0.25) is 4.98 Å². The van der Waals surface area contributed by atoms with E-state index in [4.69, 9.17) is 0 Å². The van der Waals surface area contributed by atoms with Gasteiger partial charge in [0.05, 0.1) is 40.0 Å². The molecule has 3 heterocycles. The van der Waals surface area contributed by atoms with Crippen LogP contribution in [0.3, 0.4) is 0 Å². The summed E-state index contributed by atoms with van der Waals surface area (Å²) in [6, 6.07) is 14.2. The van der Waals surface area contributed by atoms with E-state index in [2.05, 4.69) is 20.4 Å². The first kappa shape index (κ1) is 15.5. The summed E-state index contributed by atoms with van der Waals surface area (Å²) in [6.07, 6.45) is 3.51. The Morgan fingerprint density at radius 3 is 2.60 bits per heavy atom. The van der Waals surface area contributed by atoms with Crippen LogP contribution in [0.5, 0.6) is 0 Å². The number of para-hydroxylation sites is 1. The molecule has 6 heteroatoms. The van der Waals surface area contributed by atoms with Gasteiger partial charge in [0.2, 0.25) is 0 Å². The van der Waals surface area contributed by atoms with E-state index in [9.17, 15) is 0 Å². The van der Waals surface area contributed by atoms with Crippen LogP contribution in [-0.4, -0.2) is 19.7 Å². The largest absolute Gasteiger partial charge is 0.336 e. The number of rotatable bonds is 4. The molecule has 0 radical (unpaired) electrons. The van der Waals surface area contributed by atoms with Crippen molar-refractivity contribution >= 4 is 22.8 Å². The zero-order valence-electron chi connectivity index (χ0n) is 14.0. The summed E-state index contributed by atoms with van der Waals surface area (Å²) >= 11 is 1.65. The molecule has 0 fully saturated rings. The average Bonchev–Trinajstić information content (AvgIpc) is 3.27. The summed E-state index contributed by atoms with van der Waals surface area (Å²) in [7, 11) is 0. The number of aryl methyl sites for hydroxylation is 1. The highest BCUT2D eigenvalue weighted by atomic mass is 32.1. The van der Waals surface area contributed by atoms with Crippen molar-refractivity contribution in [3.8, 4) is 16.3 Å². The fourth-order valence-electron chi connectivity index (χ4n) is 2.74. The molecule has 124 valence electrons. The second kappa shape index (κ2) is 6.49. The standard InChI is InChI=1S/C19H17N5S/c1-13-19(14(2)24(23-13)15-7-4-3-5-8-15)22-18-12-20-11-16(21-18)17-9-6-10-25-17/h3-12H,1-2H3,(H,21,22). The van der Waals surface area contributed by atoms with E-state index in [-0.39, 0.29) is 0 Å². The lowest BCUT2D eigenvalue weighted by Crippen LogP contribution is -2.00. The van der Waals surface area contributed by atoms with Gasteiger partial charge < -0.3 is 5.32 Å². The summed E-state index contributed by atoms with van der Waals surface area (Å²) in [5.74, 6) is 0.713. The number of nitrogens with one attached hydrogen (secondary N) is 1. The van der Waals surface area contributed by atoms with Crippen LogP contribution in [0.4, 0.5) is 11.5 Å². The van der Waals surface area contributed by atoms with Crippen molar-refractivity contribution in [2.75, 3.05) is 5.32 Å². The SMILES string of the molecule is Cc1nn(-c2ccccc2)c(C)c1Nc1cncc(-c2cccs2)n1. The van der Waals surface area contributed by atoms with Crippen molar-refractivity contribution in [1.29, 1.82) is 0 Å². The fourth-order valence-corrected chi connectivity index (χ4v) is 3.42. The Kier molecular flexibility index (Phi) is 4.03. The molecule has 4 rings (SSSR count). The summed E-state index contributed by atoms with van der Waals surface area (Å²) in [5.41, 5.74) is 4.82. The van der Waals surface area contributed by atoms with E-state index >= 15 is 0 Å². The van der Waals surface area contributed by atoms with Crippen LogP contribution >= 0.6 is 11.3 Å². The van der Waals surface area contributed by atoms with Crippen molar-refractivity contribution in [1.82, 2.24) is 19.7 Å². The van der Waals surface area contributed by atoms with Gasteiger partial charge in [0, 0.05) is 0 Å². The predicted octanol–water partition coefficient (Wildman–Crippen LogP) is 4.75. The van der Waals surface area contributed by atoms with E-state index in [1.807, 2.05) is 66.4 Å². The van der Waals surface area contributed by atoms with Gasteiger partial charge in [-0.15, -0.1) is 11.3 Å². The molecule has 25 heavy (non-hydrogen) atoms. The molecule has 1 aromatic carbocycles. The maximum absolute atomic E-state index is 4.67. The summed E-state index contributed by atoms with van der Waals surface area (Å²) in [5, 5.41) is 10.1. The predicted molar refractivity (Wildman–Crippen MR) is 102 cm³/mol. The topological polar surface area (TPSA) is 55.6 Å². The van der Waals surface area contributed by atoms with Crippen LogP contribution in [0.15, 0.2) is 60.2 Å². The normalized spacial score (nSPS) is 10.8. The first-order chi connectivity index (χ1) is 12.2. The Balaban J connectivity index is 1.68. The average molecular weight is 347 g/mol. The molecule has 1 N–H and O–H groups in total. The number of benzene rings is 1. The van der Waals surface area contributed by atoms with Crippen LogP contribution in [-0.2, 0) is 0 Å². The minimum absolute atomic E-state index is 0.713. The van der Waals surface area contributed by atoms with E-state index in [1.165, 1.54) is 0 Å². The maximum atomic E-state index is 4.67. The van der Waals surface area contributed by atoms with Crippen molar-refractivity contribution in [3.05, 3.63) is 71.6 Å². The molecule has 0 aliphatic carbocycles. The molecular formula is C19H17N5S. The minimum Gasteiger partial charge on any atom is -0.336 e. The number of hydrogen-bond acceptors (Lipinski definition) is 5. The molecule has 0 unspecified atom stereocenters. The molecular weight excluding hydrogens is 330 g/mol. The fraction of sp³-hybridized carbons (Fsp3) is 0.105. The van der Waals surface area contributed by atoms with E-state index < -0.39 is 0 Å². The molecule has 0 aliphatic rings. The maximum Gasteiger partial charge on any atom is 0.149 e. The molecule has 0 atom stereocenters. The van der Waals surface area contributed by atoms with Crippen molar-refractivity contribution in [2.45, 2.75) is 13.8 Å². The highest BCUT2D eigenvalue weighted by molar-refractivity contribution is 7.13. The van der Waals surface area contributed by atoms with Crippen LogP contribution < -0.4 is 5.32 Å². The van der Waals surface area contributed by atoms with Gasteiger partial charge in [-0.1, -0.05) is 24.3 Å². The Labute approximate surface area is 150 Å². The van der Waals surface area contributed by atoms with Gasteiger partial charge in [0.25, 0.3) is 0 Å². The van der Waals surface area contributed by atoms with Gasteiger partial charge in [-0.2, -0.15) is 5.10 Å². The molecule has 5 nitrogen and oxygen atoms in total. The summed E-state index contributed by atoms with van der Waals surface area (Å²) < 4.78 is 1.94. The number of thiophene rings is 1. The van der Waals surface area contributed by atoms with Gasteiger partial charge in [-0.05, 0) is 37.4 Å². The molecule has 4 aromatic rings. The minimum atomic E-state index is 0.713. The van der Waals surface area contributed by atoms with Crippen LogP contribution in [0.1, 0.15) is 11.4 Å². The van der Waals surface area contributed by atoms with Crippen LogP contribution in [0.25, 0.3) is 16.3 Å². The zero-order valence-corrected chi connectivity index (χ0v) is 14.8. The second-order valence-electron chi connectivity index (χ2n) is 5.69. The van der Waals surface area contributed by atoms with Crippen molar-refractivity contribution in [2.24, 2.45) is 0 Å². The second-order valence-corrected chi connectivity index (χ2v) is 6.63. The molecule has 0 amide bonds. The van der Waals surface area contributed by atoms with Crippen LogP contribution in [0, 0.1) is 13.8 Å². The Morgan fingerprint density at radius 2 is 1.84 bits per heavy atom. The first-order valence-corrected chi connectivity index (χ1v) is 8.85. The highest BCUT2D eigenvalue weighted by Gasteiger charge is 2.14. The van der Waals surface area contributed by atoms with Crippen LogP contribution in [0.2, 0.25) is 0 Å². The zero-order chi connectivity index (χ0) is 17.2. The lowest BCUT2D eigenvalue weighted by atomic mass is 10.3. The quantitative estimate of drug-likeness (QED) is 0.579.